The summed E-state index contributed by atoms with van der Waals surface area (Å²) in [7, 11) is -1.04. The molecule has 1 aromatic rings. The first-order chi connectivity index (χ1) is 8.78. The van der Waals surface area contributed by atoms with Crippen LogP contribution in [0.4, 0.5) is 0 Å². The highest BCUT2D eigenvalue weighted by molar-refractivity contribution is 6.76. The molecule has 106 valence electrons. The number of aromatic nitrogens is 2. The second-order valence-corrected chi connectivity index (χ2v) is 11.7. The highest BCUT2D eigenvalue weighted by atomic mass is 35.5. The molecule has 1 aromatic heterocycles. The molecule has 0 saturated carbocycles. The smallest absolute Gasteiger partial charge is 0.245 e. The van der Waals surface area contributed by atoms with Gasteiger partial charge in [-0.3, -0.25) is 4.79 Å². The number of imidazole rings is 1. The highest BCUT2D eigenvalue weighted by Crippen LogP contribution is 2.09. The van der Waals surface area contributed by atoms with Gasteiger partial charge < -0.3 is 9.30 Å². The van der Waals surface area contributed by atoms with Crippen molar-refractivity contribution in [2.75, 3.05) is 6.61 Å². The minimum atomic E-state index is -1.04. The largest absolute Gasteiger partial charge is 0.361 e. The van der Waals surface area contributed by atoms with Crippen LogP contribution in [0.3, 0.4) is 0 Å². The van der Waals surface area contributed by atoms with E-state index in [4.69, 9.17) is 16.3 Å². The number of allylic oxidation sites excluding steroid dienone is 1. The summed E-state index contributed by atoms with van der Waals surface area (Å²) in [6.07, 6.45) is 4.74. The van der Waals surface area contributed by atoms with E-state index in [0.717, 1.165) is 18.5 Å². The molecule has 0 aliphatic heterocycles. The molecule has 0 saturated heterocycles. The van der Waals surface area contributed by atoms with E-state index >= 15 is 0 Å². The Kier molecular flexibility index (Phi) is 5.97. The lowest BCUT2D eigenvalue weighted by Gasteiger charge is -2.15. The van der Waals surface area contributed by atoms with Gasteiger partial charge in [0.05, 0.1) is 5.69 Å². The number of aryl methyl sites for hydroxylation is 1. The summed E-state index contributed by atoms with van der Waals surface area (Å²) in [4.78, 5) is 14.9. The quantitative estimate of drug-likeness (QED) is 0.336. The fourth-order valence-corrected chi connectivity index (χ4v) is 2.26. The molecule has 0 amide bonds. The fraction of sp³-hybridized carbons (Fsp3) is 0.538. The van der Waals surface area contributed by atoms with Crippen LogP contribution >= 0.6 is 11.6 Å². The number of hydrogen-bond donors (Lipinski definition) is 0. The predicted molar refractivity (Wildman–Crippen MR) is 81.0 cm³/mol. The van der Waals surface area contributed by atoms with E-state index in [1.807, 2.05) is 17.7 Å². The lowest BCUT2D eigenvalue weighted by Crippen LogP contribution is -2.22. The molecule has 0 bridgehead atoms. The van der Waals surface area contributed by atoms with E-state index in [9.17, 15) is 4.79 Å². The van der Waals surface area contributed by atoms with E-state index in [1.54, 1.807) is 6.08 Å². The Balaban J connectivity index is 2.48. The maximum absolute atomic E-state index is 10.6. The van der Waals surface area contributed by atoms with Gasteiger partial charge in [0.2, 0.25) is 5.24 Å². The molecule has 0 unspecified atom stereocenters. The molecule has 0 radical (unpaired) electrons. The summed E-state index contributed by atoms with van der Waals surface area (Å²) in [5.41, 5.74) is 0.709. The number of halogens is 1. The minimum absolute atomic E-state index is 0.492. The zero-order valence-corrected chi connectivity index (χ0v) is 13.7. The van der Waals surface area contributed by atoms with Crippen LogP contribution in [0.15, 0.2) is 12.3 Å². The molecule has 0 spiro atoms. The maximum Gasteiger partial charge on any atom is 0.245 e. The third kappa shape index (κ3) is 6.70. The van der Waals surface area contributed by atoms with Crippen molar-refractivity contribution < 1.29 is 9.53 Å². The van der Waals surface area contributed by atoms with Crippen LogP contribution in [0.1, 0.15) is 11.5 Å². The second kappa shape index (κ2) is 7.03. The Morgan fingerprint density at radius 3 is 2.79 bits per heavy atom. The van der Waals surface area contributed by atoms with Gasteiger partial charge in [0, 0.05) is 20.9 Å². The van der Waals surface area contributed by atoms with Gasteiger partial charge in [-0.15, -0.1) is 0 Å². The van der Waals surface area contributed by atoms with Crippen molar-refractivity contribution in [3.8, 4) is 0 Å². The first kappa shape index (κ1) is 16.1. The average molecular weight is 301 g/mol. The minimum Gasteiger partial charge on any atom is -0.361 e. The average Bonchev–Trinajstić information content (AvgIpc) is 2.62. The summed E-state index contributed by atoms with van der Waals surface area (Å²) in [5, 5.41) is -0.501. The lowest BCUT2D eigenvalue weighted by molar-refractivity contribution is -0.107. The van der Waals surface area contributed by atoms with Crippen LogP contribution in [0.2, 0.25) is 25.7 Å². The first-order valence-corrected chi connectivity index (χ1v) is 10.4. The molecule has 0 aliphatic rings. The van der Waals surface area contributed by atoms with Crippen molar-refractivity contribution in [1.29, 1.82) is 0 Å². The number of hydrogen-bond acceptors (Lipinski definition) is 3. The van der Waals surface area contributed by atoms with Gasteiger partial charge in [0.25, 0.3) is 0 Å². The summed E-state index contributed by atoms with van der Waals surface area (Å²) >= 11 is 5.24. The zero-order valence-electron chi connectivity index (χ0n) is 11.9. The second-order valence-electron chi connectivity index (χ2n) is 5.67. The number of carbonyl (C=O) groups is 1. The summed E-state index contributed by atoms with van der Waals surface area (Å²) in [6, 6.07) is 1.15. The monoisotopic (exact) mass is 300 g/mol. The Labute approximate surface area is 120 Å². The molecule has 6 heteroatoms. The Morgan fingerprint density at radius 2 is 2.21 bits per heavy atom. The van der Waals surface area contributed by atoms with E-state index < -0.39 is 13.3 Å². The van der Waals surface area contributed by atoms with Crippen molar-refractivity contribution in [2.24, 2.45) is 0 Å². The Morgan fingerprint density at radius 1 is 1.53 bits per heavy atom. The molecule has 4 nitrogen and oxygen atoms in total. The zero-order chi connectivity index (χ0) is 14.5. The maximum atomic E-state index is 10.6. The van der Waals surface area contributed by atoms with Crippen LogP contribution < -0.4 is 0 Å². The topological polar surface area (TPSA) is 44.1 Å². The molecule has 0 aromatic carbocycles. The first-order valence-electron chi connectivity index (χ1n) is 6.27. The van der Waals surface area contributed by atoms with Crippen LogP contribution in [0, 0.1) is 6.92 Å². The Hall–Kier alpha value is -0.913. The van der Waals surface area contributed by atoms with E-state index in [2.05, 4.69) is 24.6 Å². The van der Waals surface area contributed by atoms with Gasteiger partial charge in [0.1, 0.15) is 12.6 Å². The summed E-state index contributed by atoms with van der Waals surface area (Å²) in [6.45, 7) is 10.1. The Bertz CT molecular complexity index is 464. The molecular formula is C13H21ClN2O2Si. The lowest BCUT2D eigenvalue weighted by atomic mass is 10.4. The third-order valence-corrected chi connectivity index (χ3v) is 4.44. The summed E-state index contributed by atoms with van der Waals surface area (Å²) < 4.78 is 7.58. The highest BCUT2D eigenvalue weighted by Gasteiger charge is 2.12. The third-order valence-electron chi connectivity index (χ3n) is 2.61. The molecule has 0 aliphatic carbocycles. The van der Waals surface area contributed by atoms with Crippen LogP contribution in [-0.2, 0) is 16.3 Å². The molecular weight excluding hydrogens is 280 g/mol. The van der Waals surface area contributed by atoms with Crippen LogP contribution in [0.25, 0.3) is 6.08 Å². The normalized spacial score (nSPS) is 12.3. The molecule has 0 N–H and O–H groups in total. The van der Waals surface area contributed by atoms with E-state index in [1.165, 1.54) is 6.08 Å². The van der Waals surface area contributed by atoms with Crippen LogP contribution in [-0.4, -0.2) is 29.5 Å². The molecule has 0 atom stereocenters. The number of nitrogens with zero attached hydrogens (tertiary/aromatic N) is 2. The summed E-state index contributed by atoms with van der Waals surface area (Å²) in [5.74, 6) is 0.856. The number of ether oxygens (including phenoxy) is 1. The van der Waals surface area contributed by atoms with Gasteiger partial charge in [-0.05, 0) is 36.7 Å². The van der Waals surface area contributed by atoms with Gasteiger partial charge in [-0.1, -0.05) is 19.6 Å². The van der Waals surface area contributed by atoms with Gasteiger partial charge in [-0.2, -0.15) is 0 Å². The van der Waals surface area contributed by atoms with Crippen molar-refractivity contribution in [3.63, 3.8) is 0 Å². The predicted octanol–water partition coefficient (Wildman–Crippen LogP) is 3.28. The van der Waals surface area contributed by atoms with E-state index in [0.29, 0.717) is 12.4 Å². The number of rotatable bonds is 7. The van der Waals surface area contributed by atoms with Crippen molar-refractivity contribution in [1.82, 2.24) is 9.55 Å². The standard InChI is InChI=1S/C13H21ClN2O2Si/c1-11-15-12(5-6-13(14)17)9-16(11)10-18-7-8-19(2,3)4/h5-6,9H,7-8,10H2,1-4H3/b6-5+. The van der Waals surface area contributed by atoms with Gasteiger partial charge in [0.15, 0.2) is 0 Å². The van der Waals surface area contributed by atoms with Crippen molar-refractivity contribution in [2.45, 2.75) is 39.3 Å². The SMILES string of the molecule is Cc1nc(/C=C/C(=O)Cl)cn1COCC[Si](C)(C)C. The molecule has 1 heterocycles. The molecule has 0 fully saturated rings. The van der Waals surface area contributed by atoms with E-state index in [-0.39, 0.29) is 0 Å². The molecule has 19 heavy (non-hydrogen) atoms. The van der Waals surface area contributed by atoms with Gasteiger partial charge >= 0.3 is 0 Å². The van der Waals surface area contributed by atoms with Crippen molar-refractivity contribution in [3.05, 3.63) is 23.8 Å². The van der Waals surface area contributed by atoms with Gasteiger partial charge in [-0.25, -0.2) is 4.98 Å². The fourth-order valence-electron chi connectivity index (χ4n) is 1.44. The molecule has 1 rings (SSSR count). The number of carbonyl (C=O) groups excluding carboxylic acids is 1. The van der Waals surface area contributed by atoms with Crippen LogP contribution in [0.5, 0.6) is 0 Å². The van der Waals surface area contributed by atoms with Crippen molar-refractivity contribution >= 4 is 31.0 Å².